The summed E-state index contributed by atoms with van der Waals surface area (Å²) in [7, 11) is 5.07. The van der Waals surface area contributed by atoms with Gasteiger partial charge in [0, 0.05) is 88.5 Å². The van der Waals surface area contributed by atoms with Crippen LogP contribution < -0.4 is 15.4 Å². The predicted molar refractivity (Wildman–Crippen MR) is 233 cm³/mol. The maximum atomic E-state index is 13.5. The van der Waals surface area contributed by atoms with Gasteiger partial charge in [-0.2, -0.15) is 0 Å². The zero-order chi connectivity index (χ0) is 44.0. The molecule has 0 unspecified atom stereocenters. The van der Waals surface area contributed by atoms with Gasteiger partial charge in [0.1, 0.15) is 17.1 Å². The largest absolute Gasteiger partial charge is 0.493 e. The topological polar surface area (TPSA) is 184 Å². The highest BCUT2D eigenvalue weighted by Crippen LogP contribution is 2.35. The number of anilines is 2. The molecule has 16 heteroatoms. The highest BCUT2D eigenvalue weighted by atomic mass is 16.5. The number of nitrogens with zero attached hydrogens (tertiary/aromatic N) is 7. The van der Waals surface area contributed by atoms with Gasteiger partial charge in [0.2, 0.25) is 11.7 Å². The number of aliphatic imine (C=N–C) groups is 1. The number of nitrogens with one attached hydrogen (secondary N) is 2. The lowest BCUT2D eigenvalue weighted by Crippen LogP contribution is -2.35. The van der Waals surface area contributed by atoms with E-state index in [-0.39, 0.29) is 66.4 Å². The number of ether oxygens (including phenoxy) is 1. The van der Waals surface area contributed by atoms with Gasteiger partial charge in [-0.05, 0) is 80.3 Å². The summed E-state index contributed by atoms with van der Waals surface area (Å²) in [5.74, 6) is -0.525. The van der Waals surface area contributed by atoms with E-state index in [1.165, 1.54) is 11.5 Å². The molecule has 0 spiro atoms. The summed E-state index contributed by atoms with van der Waals surface area (Å²) in [6, 6.07) is 13.6. The number of carbonyl (C=O) groups is 6. The number of hydrogen-bond acceptors (Lipinski definition) is 9. The van der Waals surface area contributed by atoms with Crippen molar-refractivity contribution in [3.8, 4) is 5.75 Å². The molecule has 62 heavy (non-hydrogen) atoms. The van der Waals surface area contributed by atoms with Crippen molar-refractivity contribution in [2.45, 2.75) is 45.6 Å². The van der Waals surface area contributed by atoms with Crippen LogP contribution >= 0.6 is 0 Å². The van der Waals surface area contributed by atoms with Gasteiger partial charge in [-0.3, -0.25) is 38.3 Å². The van der Waals surface area contributed by atoms with Crippen LogP contribution in [0.5, 0.6) is 5.75 Å². The zero-order valence-corrected chi connectivity index (χ0v) is 35.0. The zero-order valence-electron chi connectivity index (χ0n) is 35.0. The van der Waals surface area contributed by atoms with Crippen LogP contribution in [0, 0.1) is 6.92 Å². The Morgan fingerprint density at radius 2 is 1.71 bits per heavy atom. The molecule has 6 heterocycles. The SMILES string of the molecule is C=C1C[C@H]2C=Nc3cc(OCCCC(=O)Nc4cn(C)c(C(=O)Cc5cc(C(=O)Nc6cc(C(=O)n7ccc8cc(C(C)=O)ccc87)n(C)c6)n(C)c5)n4)c(C)cc3C(=O)N2C1. The van der Waals surface area contributed by atoms with Gasteiger partial charge in [0.15, 0.2) is 17.4 Å². The molecule has 0 aliphatic carbocycles. The van der Waals surface area contributed by atoms with E-state index < -0.39 is 5.91 Å². The van der Waals surface area contributed by atoms with E-state index in [1.807, 2.05) is 6.92 Å². The van der Waals surface area contributed by atoms with Crippen LogP contribution in [0.25, 0.3) is 10.9 Å². The van der Waals surface area contributed by atoms with Crippen LogP contribution in [0.1, 0.15) is 89.6 Å². The first-order valence-corrected chi connectivity index (χ1v) is 20.1. The third kappa shape index (κ3) is 8.13. The second-order valence-electron chi connectivity index (χ2n) is 15.9. The van der Waals surface area contributed by atoms with Crippen LogP contribution in [0.15, 0.2) is 90.5 Å². The molecule has 0 saturated carbocycles. The van der Waals surface area contributed by atoms with Gasteiger partial charge in [0.25, 0.3) is 17.7 Å². The normalized spacial score (nSPS) is 14.5. The average molecular weight is 836 g/mol. The first-order valence-electron chi connectivity index (χ1n) is 20.1. The van der Waals surface area contributed by atoms with Gasteiger partial charge in [-0.25, -0.2) is 4.98 Å². The summed E-state index contributed by atoms with van der Waals surface area (Å²) < 4.78 is 12.3. The Kier molecular flexibility index (Phi) is 10.9. The van der Waals surface area contributed by atoms with E-state index in [9.17, 15) is 28.8 Å². The Labute approximate surface area is 356 Å². The number of benzene rings is 2. The predicted octanol–water partition coefficient (Wildman–Crippen LogP) is 6.21. The number of amides is 3. The molecular weight excluding hydrogens is 791 g/mol. The molecule has 0 radical (unpaired) electrons. The highest BCUT2D eigenvalue weighted by Gasteiger charge is 2.34. The van der Waals surface area contributed by atoms with E-state index in [4.69, 9.17) is 4.74 Å². The number of fused-ring (bicyclic) bond motifs is 3. The summed E-state index contributed by atoms with van der Waals surface area (Å²) in [5, 5.41) is 6.36. The monoisotopic (exact) mass is 835 g/mol. The first kappa shape index (κ1) is 41.1. The number of Topliss-reactive ketones (excluding diaryl/α,β-unsaturated/α-hetero) is 2. The van der Waals surface area contributed by atoms with Crippen molar-refractivity contribution in [3.05, 3.63) is 125 Å². The Morgan fingerprint density at radius 1 is 0.919 bits per heavy atom. The van der Waals surface area contributed by atoms with Gasteiger partial charge < -0.3 is 34.0 Å². The maximum Gasteiger partial charge on any atom is 0.279 e. The number of aryl methyl sites for hydroxylation is 4. The van der Waals surface area contributed by atoms with Crippen LogP contribution in [-0.2, 0) is 32.4 Å². The van der Waals surface area contributed by atoms with Gasteiger partial charge in [-0.15, -0.1) is 0 Å². The molecule has 1 saturated heterocycles. The van der Waals surface area contributed by atoms with Gasteiger partial charge in [-0.1, -0.05) is 12.2 Å². The Hall–Kier alpha value is -7.62. The maximum absolute atomic E-state index is 13.5. The third-order valence-electron chi connectivity index (χ3n) is 11.1. The molecule has 6 aromatic rings. The number of imidazole rings is 1. The Morgan fingerprint density at radius 3 is 2.50 bits per heavy atom. The Balaban J connectivity index is 0.832. The second-order valence-corrected chi connectivity index (χ2v) is 15.9. The van der Waals surface area contributed by atoms with Crippen LogP contribution in [0.2, 0.25) is 0 Å². The molecule has 2 aliphatic heterocycles. The van der Waals surface area contributed by atoms with E-state index in [0.29, 0.717) is 70.1 Å². The smallest absolute Gasteiger partial charge is 0.279 e. The van der Waals surface area contributed by atoms with E-state index >= 15 is 0 Å². The van der Waals surface area contributed by atoms with Crippen molar-refractivity contribution in [1.82, 2.24) is 28.2 Å². The lowest BCUT2D eigenvalue weighted by Gasteiger charge is -2.20. The fourth-order valence-electron chi connectivity index (χ4n) is 7.94. The number of ketones is 2. The van der Waals surface area contributed by atoms with Crippen molar-refractivity contribution in [3.63, 3.8) is 0 Å². The van der Waals surface area contributed by atoms with Gasteiger partial charge in [0.05, 0.1) is 35.1 Å². The lowest BCUT2D eigenvalue weighted by atomic mass is 10.1. The minimum atomic E-state index is -0.433. The molecule has 4 aromatic heterocycles. The molecule has 3 amide bonds. The van der Waals surface area contributed by atoms with Crippen LogP contribution in [0.3, 0.4) is 0 Å². The second kappa shape index (κ2) is 16.4. The van der Waals surface area contributed by atoms with Crippen molar-refractivity contribution >= 4 is 69.5 Å². The van der Waals surface area contributed by atoms with Crippen LogP contribution in [0.4, 0.5) is 17.2 Å². The number of hydrogen-bond donors (Lipinski definition) is 2. The molecule has 1 atom stereocenters. The summed E-state index contributed by atoms with van der Waals surface area (Å²) in [6.45, 7) is 8.16. The van der Waals surface area contributed by atoms with Crippen molar-refractivity contribution in [2.75, 3.05) is 23.8 Å². The van der Waals surface area contributed by atoms with E-state index in [0.717, 1.165) is 16.5 Å². The summed E-state index contributed by atoms with van der Waals surface area (Å²) in [6.07, 6.45) is 9.54. The molecule has 8 rings (SSSR count). The van der Waals surface area contributed by atoms with Crippen molar-refractivity contribution in [2.24, 2.45) is 26.1 Å². The first-order chi connectivity index (χ1) is 29.6. The molecular formula is C46H45N9O7. The number of rotatable bonds is 13. The summed E-state index contributed by atoms with van der Waals surface area (Å²) >= 11 is 0. The molecule has 1 fully saturated rings. The van der Waals surface area contributed by atoms with E-state index in [2.05, 4.69) is 27.2 Å². The third-order valence-corrected chi connectivity index (χ3v) is 11.1. The lowest BCUT2D eigenvalue weighted by molar-refractivity contribution is -0.116. The fourth-order valence-corrected chi connectivity index (χ4v) is 7.94. The highest BCUT2D eigenvalue weighted by molar-refractivity contribution is 6.07. The average Bonchev–Trinajstić information content (AvgIpc) is 4.05. The number of carbonyl (C=O) groups excluding carboxylic acids is 6. The fraction of sp³-hybridized carbons (Fsp3) is 0.261. The van der Waals surface area contributed by atoms with Crippen molar-refractivity contribution < 1.29 is 33.5 Å². The molecule has 2 N–H and O–H groups in total. The quantitative estimate of drug-likeness (QED) is 0.0782. The minimum Gasteiger partial charge on any atom is -0.493 e. The Bertz CT molecular complexity index is 2900. The molecule has 16 nitrogen and oxygen atoms in total. The summed E-state index contributed by atoms with van der Waals surface area (Å²) in [5.41, 5.74) is 5.71. The number of aromatic nitrogens is 5. The molecule has 2 aliphatic rings. The molecule has 2 aromatic carbocycles. The standard InChI is InChI=1S/C46H45N9O7/c1-26-14-33-21-47-35-20-40(27(2)15-34(35)45(60)55(33)22-26)62-13-7-8-42(58)49-41-25-53(6)43(50-41)39(57)17-29-16-37(51(4)23-29)44(59)48-32-19-38(52(5)24-32)46(61)54-12-11-31-18-30(28(3)56)9-10-36(31)54/h9-12,15-16,18-21,23-25,33H,1,7-8,13-14,17,22H2,2-6H3,(H,48,59)(H,49,58)/t33-/m0/s1. The molecule has 0 bridgehead atoms. The summed E-state index contributed by atoms with van der Waals surface area (Å²) in [4.78, 5) is 89.0. The molecule has 316 valence electrons. The van der Waals surface area contributed by atoms with Crippen molar-refractivity contribution in [1.29, 1.82) is 0 Å². The van der Waals surface area contributed by atoms with Gasteiger partial charge >= 0.3 is 0 Å². The van der Waals surface area contributed by atoms with Crippen LogP contribution in [-0.4, -0.2) is 88.8 Å². The minimum absolute atomic E-state index is 0.0460. The van der Waals surface area contributed by atoms with E-state index in [1.54, 1.807) is 119 Å².